The van der Waals surface area contributed by atoms with Crippen molar-refractivity contribution in [2.24, 2.45) is 7.05 Å². The lowest BCUT2D eigenvalue weighted by Gasteiger charge is -2.32. The van der Waals surface area contributed by atoms with Crippen LogP contribution in [0.25, 0.3) is 0 Å². The number of hydrogen-bond acceptors (Lipinski definition) is 4. The number of likely N-dealkylation sites (tertiary alicyclic amines) is 1. The third kappa shape index (κ3) is 3.87. The average Bonchev–Trinajstić information content (AvgIpc) is 2.86. The van der Waals surface area contributed by atoms with Gasteiger partial charge in [-0.1, -0.05) is 12.1 Å². The lowest BCUT2D eigenvalue weighted by molar-refractivity contribution is 0.195. The summed E-state index contributed by atoms with van der Waals surface area (Å²) in [6, 6.07) is 7.25. The summed E-state index contributed by atoms with van der Waals surface area (Å²) in [6.07, 6.45) is 5.66. The minimum absolute atomic E-state index is 0.381. The van der Waals surface area contributed by atoms with E-state index in [1.54, 1.807) is 12.1 Å². The number of rotatable bonds is 4. The third-order valence-electron chi connectivity index (χ3n) is 4.66. The Morgan fingerprint density at radius 2 is 1.96 bits per heavy atom. The van der Waals surface area contributed by atoms with E-state index in [1.165, 1.54) is 18.5 Å². The molecule has 6 heteroatoms. The molecule has 0 bridgehead atoms. The first-order chi connectivity index (χ1) is 11.3. The second-order valence-corrected chi connectivity index (χ2v) is 8.86. The fourth-order valence-electron chi connectivity index (χ4n) is 3.52. The smallest absolute Gasteiger partial charge is 0.175 e. The van der Waals surface area contributed by atoms with Crippen molar-refractivity contribution in [2.75, 3.05) is 19.3 Å². The summed E-state index contributed by atoms with van der Waals surface area (Å²) >= 11 is 0. The number of piperidine rings is 1. The van der Waals surface area contributed by atoms with E-state index in [0.29, 0.717) is 10.8 Å². The van der Waals surface area contributed by atoms with Gasteiger partial charge in [0.1, 0.15) is 5.82 Å². The van der Waals surface area contributed by atoms with Crippen LogP contribution in [0.15, 0.2) is 35.4 Å². The number of sulfone groups is 1. The second kappa shape index (κ2) is 6.69. The van der Waals surface area contributed by atoms with Crippen LogP contribution in [0, 0.1) is 6.92 Å². The van der Waals surface area contributed by atoms with Gasteiger partial charge < -0.3 is 4.57 Å². The first kappa shape index (κ1) is 17.2. The van der Waals surface area contributed by atoms with E-state index < -0.39 is 9.84 Å². The third-order valence-corrected chi connectivity index (χ3v) is 5.79. The van der Waals surface area contributed by atoms with Crippen molar-refractivity contribution in [2.45, 2.75) is 37.1 Å². The fourth-order valence-corrected chi connectivity index (χ4v) is 4.15. The van der Waals surface area contributed by atoms with Gasteiger partial charge in [0.05, 0.1) is 10.6 Å². The molecule has 1 atom stereocenters. The van der Waals surface area contributed by atoms with Gasteiger partial charge in [0.15, 0.2) is 9.84 Å². The van der Waals surface area contributed by atoms with Gasteiger partial charge in [0.2, 0.25) is 0 Å². The quantitative estimate of drug-likeness (QED) is 0.853. The van der Waals surface area contributed by atoms with E-state index in [0.717, 1.165) is 37.3 Å². The lowest BCUT2D eigenvalue weighted by Crippen LogP contribution is -2.34. The van der Waals surface area contributed by atoms with Crippen molar-refractivity contribution in [1.29, 1.82) is 0 Å². The van der Waals surface area contributed by atoms with Crippen molar-refractivity contribution >= 4 is 9.84 Å². The normalized spacial score (nSPS) is 19.5. The van der Waals surface area contributed by atoms with Crippen LogP contribution in [0.2, 0.25) is 0 Å². The molecular weight excluding hydrogens is 322 g/mol. The maximum atomic E-state index is 11.5. The molecule has 2 heterocycles. The van der Waals surface area contributed by atoms with Gasteiger partial charge in [-0.05, 0) is 44.0 Å². The summed E-state index contributed by atoms with van der Waals surface area (Å²) < 4.78 is 25.2. The first-order valence-electron chi connectivity index (χ1n) is 8.34. The number of hydrogen-bond donors (Lipinski definition) is 0. The molecule has 0 amide bonds. The Kier molecular flexibility index (Phi) is 4.78. The van der Waals surface area contributed by atoms with Gasteiger partial charge in [-0.3, -0.25) is 4.90 Å². The molecular formula is C18H25N3O2S. The SMILES string of the molecule is Cc1cn(C)c([C@@H]2CCCN(Cc3ccc(S(C)(=O)=O)cc3)C2)n1. The van der Waals surface area contributed by atoms with Gasteiger partial charge in [-0.2, -0.15) is 0 Å². The number of aryl methyl sites for hydroxylation is 2. The molecule has 0 saturated carbocycles. The molecule has 0 aliphatic carbocycles. The molecule has 0 spiro atoms. The van der Waals surface area contributed by atoms with Gasteiger partial charge in [0, 0.05) is 38.5 Å². The van der Waals surface area contributed by atoms with Crippen LogP contribution in [0.4, 0.5) is 0 Å². The average molecular weight is 347 g/mol. The van der Waals surface area contributed by atoms with Crippen LogP contribution < -0.4 is 0 Å². The van der Waals surface area contributed by atoms with Crippen LogP contribution >= 0.6 is 0 Å². The zero-order valence-corrected chi connectivity index (χ0v) is 15.4. The fraction of sp³-hybridized carbons (Fsp3) is 0.500. The van der Waals surface area contributed by atoms with E-state index in [2.05, 4.69) is 27.7 Å². The van der Waals surface area contributed by atoms with Crippen LogP contribution in [-0.4, -0.2) is 42.2 Å². The van der Waals surface area contributed by atoms with Gasteiger partial charge in [0.25, 0.3) is 0 Å². The molecule has 5 nitrogen and oxygen atoms in total. The molecule has 1 aliphatic rings. The largest absolute Gasteiger partial charge is 0.337 e. The molecule has 0 N–H and O–H groups in total. The zero-order chi connectivity index (χ0) is 17.3. The Balaban J connectivity index is 1.68. The Morgan fingerprint density at radius 1 is 1.25 bits per heavy atom. The standard InChI is InChI=1S/C18H25N3O2S/c1-14-11-20(2)18(19-14)16-5-4-10-21(13-16)12-15-6-8-17(9-7-15)24(3,22)23/h6-9,11,16H,4-5,10,12-13H2,1-3H3/t16-/m1/s1. The molecule has 24 heavy (non-hydrogen) atoms. The zero-order valence-electron chi connectivity index (χ0n) is 14.6. The highest BCUT2D eigenvalue weighted by molar-refractivity contribution is 7.90. The van der Waals surface area contributed by atoms with Crippen LogP contribution in [-0.2, 0) is 23.4 Å². The summed E-state index contributed by atoms with van der Waals surface area (Å²) in [5.74, 6) is 1.64. The predicted molar refractivity (Wildman–Crippen MR) is 94.7 cm³/mol. The highest BCUT2D eigenvalue weighted by Crippen LogP contribution is 2.27. The van der Waals surface area contributed by atoms with Crippen molar-refractivity contribution in [3.8, 4) is 0 Å². The summed E-state index contributed by atoms with van der Waals surface area (Å²) in [4.78, 5) is 7.50. The molecule has 1 aromatic carbocycles. The molecule has 3 rings (SSSR count). The lowest BCUT2D eigenvalue weighted by atomic mass is 9.96. The number of aromatic nitrogens is 2. The second-order valence-electron chi connectivity index (χ2n) is 6.84. The van der Waals surface area contributed by atoms with Crippen LogP contribution in [0.3, 0.4) is 0 Å². The number of benzene rings is 1. The van der Waals surface area contributed by atoms with Crippen molar-refractivity contribution in [1.82, 2.24) is 14.5 Å². The molecule has 1 fully saturated rings. The number of nitrogens with zero attached hydrogens (tertiary/aromatic N) is 3. The van der Waals surface area contributed by atoms with E-state index in [4.69, 9.17) is 0 Å². The summed E-state index contributed by atoms with van der Waals surface area (Å²) in [6.45, 7) is 4.96. The summed E-state index contributed by atoms with van der Waals surface area (Å²) in [5.41, 5.74) is 2.22. The van der Waals surface area contributed by atoms with E-state index in [1.807, 2.05) is 19.1 Å². The monoisotopic (exact) mass is 347 g/mol. The van der Waals surface area contributed by atoms with Crippen LogP contribution in [0.5, 0.6) is 0 Å². The molecule has 0 unspecified atom stereocenters. The van der Waals surface area contributed by atoms with Crippen molar-refractivity contribution < 1.29 is 8.42 Å². The van der Waals surface area contributed by atoms with E-state index >= 15 is 0 Å². The van der Waals surface area contributed by atoms with E-state index in [9.17, 15) is 8.42 Å². The maximum absolute atomic E-state index is 11.5. The molecule has 1 aromatic heterocycles. The van der Waals surface area contributed by atoms with Gasteiger partial charge in [-0.25, -0.2) is 13.4 Å². The minimum Gasteiger partial charge on any atom is -0.337 e. The molecule has 1 saturated heterocycles. The Bertz CT molecular complexity index is 809. The molecule has 1 aliphatic heterocycles. The number of imidazole rings is 1. The summed E-state index contributed by atoms with van der Waals surface area (Å²) in [5, 5.41) is 0. The van der Waals surface area contributed by atoms with Gasteiger partial charge in [-0.15, -0.1) is 0 Å². The molecule has 130 valence electrons. The molecule has 0 radical (unpaired) electrons. The Hall–Kier alpha value is -1.66. The Morgan fingerprint density at radius 3 is 2.54 bits per heavy atom. The highest BCUT2D eigenvalue weighted by Gasteiger charge is 2.24. The van der Waals surface area contributed by atoms with Gasteiger partial charge >= 0.3 is 0 Å². The predicted octanol–water partition coefficient (Wildman–Crippen LogP) is 2.51. The summed E-state index contributed by atoms with van der Waals surface area (Å²) in [7, 11) is -1.06. The Labute approximate surface area is 144 Å². The topological polar surface area (TPSA) is 55.2 Å². The minimum atomic E-state index is -3.12. The molecule has 2 aromatic rings. The first-order valence-corrected chi connectivity index (χ1v) is 10.2. The highest BCUT2D eigenvalue weighted by atomic mass is 32.2. The van der Waals surface area contributed by atoms with Crippen molar-refractivity contribution in [3.05, 3.63) is 47.5 Å². The maximum Gasteiger partial charge on any atom is 0.175 e. The van der Waals surface area contributed by atoms with Crippen molar-refractivity contribution in [3.63, 3.8) is 0 Å². The van der Waals surface area contributed by atoms with Crippen LogP contribution in [0.1, 0.15) is 35.8 Å². The van der Waals surface area contributed by atoms with E-state index in [-0.39, 0.29) is 0 Å².